The second-order valence-corrected chi connectivity index (χ2v) is 9.64. The maximum absolute atomic E-state index is 14.9. The number of pyridine rings is 1. The van der Waals surface area contributed by atoms with Crippen molar-refractivity contribution in [2.45, 2.75) is 25.5 Å². The molecule has 5 N–H and O–H groups in total. The molecular weight excluding hydrogens is 471 g/mol. The minimum atomic E-state index is -0.625. The molecule has 1 saturated heterocycles. The predicted octanol–water partition coefficient (Wildman–Crippen LogP) is 3.08. The summed E-state index contributed by atoms with van der Waals surface area (Å²) in [6.07, 6.45) is -0.200. The van der Waals surface area contributed by atoms with Crippen molar-refractivity contribution in [2.24, 2.45) is 5.73 Å². The van der Waals surface area contributed by atoms with Gasteiger partial charge in [-0.1, -0.05) is 25.1 Å². The first-order valence-electron chi connectivity index (χ1n) is 11.4. The highest BCUT2D eigenvalue weighted by molar-refractivity contribution is 7.19. The van der Waals surface area contributed by atoms with Gasteiger partial charge in [-0.05, 0) is 29.8 Å². The normalized spacial score (nSPS) is 17.3. The summed E-state index contributed by atoms with van der Waals surface area (Å²) in [4.78, 5) is 19.5. The van der Waals surface area contributed by atoms with Crippen molar-refractivity contribution in [3.8, 4) is 10.4 Å². The van der Waals surface area contributed by atoms with E-state index in [2.05, 4.69) is 15.2 Å². The average Bonchev–Trinajstić information content (AvgIpc) is 3.27. The number of hydrogen-bond acceptors (Lipinski definition) is 8. The first-order valence-corrected chi connectivity index (χ1v) is 12.2. The lowest BCUT2D eigenvalue weighted by Gasteiger charge is -2.31. The third-order valence-corrected chi connectivity index (χ3v) is 7.04. The zero-order valence-corrected chi connectivity index (χ0v) is 20.2. The smallest absolute Gasteiger partial charge is 0.251 e. The molecule has 2 aromatic heterocycles. The molecule has 0 bridgehead atoms. The molecule has 0 saturated carbocycles. The van der Waals surface area contributed by atoms with Crippen molar-refractivity contribution < 1.29 is 24.1 Å². The van der Waals surface area contributed by atoms with Crippen LogP contribution in [0.5, 0.6) is 0 Å². The lowest BCUT2D eigenvalue weighted by molar-refractivity contribution is -0.0553. The van der Waals surface area contributed by atoms with Crippen LogP contribution in [0.1, 0.15) is 34.5 Å². The first kappa shape index (κ1) is 25.2. The Labute approximate surface area is 207 Å². The van der Waals surface area contributed by atoms with E-state index >= 15 is 0 Å². The maximum atomic E-state index is 14.9. The number of carbonyl (C=O) groups is 1. The van der Waals surface area contributed by atoms with E-state index in [0.29, 0.717) is 46.5 Å². The number of carbonyl (C=O) groups excluding carboxylic acids is 1. The molecule has 3 heterocycles. The molecule has 1 amide bonds. The number of hydrogen-bond donors (Lipinski definition) is 4. The topological polar surface area (TPSA) is 121 Å². The quantitative estimate of drug-likeness (QED) is 0.356. The predicted molar refractivity (Wildman–Crippen MR) is 133 cm³/mol. The molecular formula is C25H29FN4O4S. The molecule has 1 aliphatic rings. The molecule has 0 aliphatic carbocycles. The Morgan fingerprint density at radius 2 is 2.17 bits per heavy atom. The number of anilines is 2. The molecule has 1 aliphatic heterocycles. The minimum Gasteiger partial charge on any atom is -0.396 e. The van der Waals surface area contributed by atoms with Crippen LogP contribution in [0.2, 0.25) is 0 Å². The van der Waals surface area contributed by atoms with Gasteiger partial charge in [-0.2, -0.15) is 0 Å². The van der Waals surface area contributed by atoms with E-state index in [4.69, 9.17) is 10.5 Å². The molecule has 4 rings (SSSR count). The molecule has 0 spiro atoms. The van der Waals surface area contributed by atoms with Crippen molar-refractivity contribution in [2.75, 3.05) is 38.2 Å². The van der Waals surface area contributed by atoms with Crippen LogP contribution in [-0.2, 0) is 11.3 Å². The summed E-state index contributed by atoms with van der Waals surface area (Å²) in [5.41, 5.74) is 7.74. The molecule has 10 heteroatoms. The van der Waals surface area contributed by atoms with Gasteiger partial charge in [-0.15, -0.1) is 11.3 Å². The van der Waals surface area contributed by atoms with Crippen LogP contribution in [0.15, 0.2) is 42.5 Å². The Hall–Kier alpha value is -2.89. The second-order valence-electron chi connectivity index (χ2n) is 8.59. The van der Waals surface area contributed by atoms with Gasteiger partial charge in [-0.3, -0.25) is 9.69 Å². The van der Waals surface area contributed by atoms with Gasteiger partial charge >= 0.3 is 0 Å². The molecule has 8 nitrogen and oxygen atoms in total. The van der Waals surface area contributed by atoms with Gasteiger partial charge in [0.1, 0.15) is 16.6 Å². The fourth-order valence-corrected chi connectivity index (χ4v) is 5.06. The third kappa shape index (κ3) is 6.03. The molecule has 35 heavy (non-hydrogen) atoms. The minimum absolute atomic E-state index is 0.0219. The number of nitrogens with two attached hydrogens (primary N) is 1. The highest BCUT2D eigenvalue weighted by Gasteiger charge is 2.21. The fraction of sp³-hybridized carbons (Fsp3) is 0.360. The molecule has 186 valence electrons. The van der Waals surface area contributed by atoms with E-state index < -0.39 is 11.7 Å². The summed E-state index contributed by atoms with van der Waals surface area (Å²) in [5, 5.41) is 22.3. The Bertz CT molecular complexity index is 1190. The monoisotopic (exact) mass is 500 g/mol. The van der Waals surface area contributed by atoms with Crippen LogP contribution in [0, 0.1) is 5.82 Å². The summed E-state index contributed by atoms with van der Waals surface area (Å²) < 4.78 is 20.4. The number of aromatic nitrogens is 1. The number of amides is 1. The Kier molecular flexibility index (Phi) is 8.09. The zero-order valence-electron chi connectivity index (χ0n) is 19.4. The van der Waals surface area contributed by atoms with Gasteiger partial charge in [-0.25, -0.2) is 9.37 Å². The van der Waals surface area contributed by atoms with Gasteiger partial charge in [0.15, 0.2) is 0 Å². The number of primary amides is 1. The van der Waals surface area contributed by atoms with E-state index in [1.165, 1.54) is 17.4 Å². The summed E-state index contributed by atoms with van der Waals surface area (Å²) >= 11 is 1.22. The fourth-order valence-electron chi connectivity index (χ4n) is 3.96. The van der Waals surface area contributed by atoms with Crippen molar-refractivity contribution in [1.29, 1.82) is 0 Å². The van der Waals surface area contributed by atoms with Crippen molar-refractivity contribution in [3.63, 3.8) is 0 Å². The van der Waals surface area contributed by atoms with Crippen molar-refractivity contribution in [3.05, 3.63) is 65.1 Å². The molecule has 1 aromatic carbocycles. The van der Waals surface area contributed by atoms with Crippen molar-refractivity contribution in [1.82, 2.24) is 9.88 Å². The summed E-state index contributed by atoms with van der Waals surface area (Å²) in [7, 11) is 0. The van der Waals surface area contributed by atoms with E-state index in [1.54, 1.807) is 24.3 Å². The standard InChI is InChI=1S/C25H29FN4O4S/c1-15(13-31)16-5-6-19(21(26)9-16)22-10-20(24(27)33)25(35-22)29-23-4-2-3-17(28-23)11-30-7-8-34-18(12-30)14-32/h2-6,9-10,15,18,31-32H,7-8,11-14H2,1H3,(H2,27,33)(H,28,29). The number of nitrogens with one attached hydrogen (secondary N) is 1. The second kappa shape index (κ2) is 11.2. The number of rotatable bonds is 9. The van der Waals surface area contributed by atoms with Crippen LogP contribution in [0.3, 0.4) is 0 Å². The summed E-state index contributed by atoms with van der Waals surface area (Å²) in [6.45, 7) is 4.24. The largest absolute Gasteiger partial charge is 0.396 e. The number of halogens is 1. The third-order valence-electron chi connectivity index (χ3n) is 5.96. The number of ether oxygens (including phenoxy) is 1. The summed E-state index contributed by atoms with van der Waals surface area (Å²) in [5.74, 6) is -0.692. The number of benzene rings is 1. The van der Waals surface area contributed by atoms with Crippen LogP contribution >= 0.6 is 11.3 Å². The van der Waals surface area contributed by atoms with Crippen molar-refractivity contribution >= 4 is 28.1 Å². The number of thiophene rings is 1. The highest BCUT2D eigenvalue weighted by atomic mass is 32.1. The van der Waals surface area contributed by atoms with E-state index in [1.807, 2.05) is 19.1 Å². The van der Waals surface area contributed by atoms with Crippen LogP contribution in [-0.4, -0.2) is 65.0 Å². The SMILES string of the molecule is CC(CO)c1ccc(-c2cc(C(N)=O)c(Nc3cccc(CN4CCOC(CO)C4)n3)s2)c(F)c1. The molecule has 0 radical (unpaired) electrons. The van der Waals surface area contributed by atoms with Gasteiger partial charge in [0.2, 0.25) is 0 Å². The summed E-state index contributed by atoms with van der Waals surface area (Å²) in [6, 6.07) is 12.0. The van der Waals surface area contributed by atoms with Crippen LogP contribution in [0.25, 0.3) is 10.4 Å². The van der Waals surface area contributed by atoms with Gasteiger partial charge in [0.05, 0.1) is 30.6 Å². The van der Waals surface area contributed by atoms with E-state index in [9.17, 15) is 19.4 Å². The Morgan fingerprint density at radius 1 is 1.34 bits per heavy atom. The van der Waals surface area contributed by atoms with Gasteiger partial charge < -0.3 is 26.0 Å². The van der Waals surface area contributed by atoms with Gasteiger partial charge in [0, 0.05) is 42.6 Å². The first-order chi connectivity index (χ1) is 16.9. The molecule has 3 aromatic rings. The Morgan fingerprint density at radius 3 is 2.89 bits per heavy atom. The van der Waals surface area contributed by atoms with Gasteiger partial charge in [0.25, 0.3) is 5.91 Å². The molecule has 2 atom stereocenters. The van der Waals surface area contributed by atoms with E-state index in [-0.39, 0.29) is 30.8 Å². The van der Waals surface area contributed by atoms with E-state index in [0.717, 1.165) is 12.2 Å². The number of morpholine rings is 1. The molecule has 1 fully saturated rings. The average molecular weight is 501 g/mol. The highest BCUT2D eigenvalue weighted by Crippen LogP contribution is 2.38. The number of aliphatic hydroxyl groups excluding tert-OH is 2. The lowest BCUT2D eigenvalue weighted by Crippen LogP contribution is -2.43. The van der Waals surface area contributed by atoms with Crippen LogP contribution < -0.4 is 11.1 Å². The zero-order chi connectivity index (χ0) is 24.9. The molecule has 2 unspecified atom stereocenters. The lowest BCUT2D eigenvalue weighted by atomic mass is 9.99. The number of nitrogens with zero attached hydrogens (tertiary/aromatic N) is 2. The maximum Gasteiger partial charge on any atom is 0.251 e. The van der Waals surface area contributed by atoms with Crippen LogP contribution in [0.4, 0.5) is 15.2 Å². The number of aliphatic hydroxyl groups is 2. The Balaban J connectivity index is 1.55.